The molecule has 2 rings (SSSR count). The predicted molar refractivity (Wildman–Crippen MR) is 58.4 cm³/mol. The van der Waals surface area contributed by atoms with Crippen LogP contribution in [0, 0.1) is 0 Å². The second-order valence-corrected chi connectivity index (χ2v) is 3.43. The second-order valence-electron chi connectivity index (χ2n) is 3.43. The molecule has 1 heterocycles. The third kappa shape index (κ3) is 1.62. The molecule has 0 fully saturated rings. The Balaban J connectivity index is 2.31. The molecule has 0 aliphatic carbocycles. The van der Waals surface area contributed by atoms with Crippen LogP contribution < -0.4 is 4.90 Å². The van der Waals surface area contributed by atoms with E-state index < -0.39 is 0 Å². The van der Waals surface area contributed by atoms with Crippen molar-refractivity contribution in [1.82, 2.24) is 10.2 Å². The van der Waals surface area contributed by atoms with Gasteiger partial charge in [0, 0.05) is 31.5 Å². The maximum atomic E-state index is 3.92. The Labute approximate surface area is 83.4 Å². The molecule has 1 aromatic carbocycles. The lowest BCUT2D eigenvalue weighted by Gasteiger charge is -2.12. The van der Waals surface area contributed by atoms with Gasteiger partial charge in [-0.25, -0.2) is 0 Å². The molecule has 0 radical (unpaired) electrons. The number of hydrogen-bond donors (Lipinski definition) is 1. The van der Waals surface area contributed by atoms with Gasteiger partial charge in [-0.3, -0.25) is 5.10 Å². The van der Waals surface area contributed by atoms with Crippen LogP contribution >= 0.6 is 0 Å². The van der Waals surface area contributed by atoms with Crippen LogP contribution in [0.5, 0.6) is 0 Å². The number of nitrogens with zero attached hydrogens (tertiary/aromatic N) is 2. The van der Waals surface area contributed by atoms with Gasteiger partial charge in [-0.05, 0) is 17.7 Å². The van der Waals surface area contributed by atoms with E-state index in [1.54, 1.807) is 0 Å². The molecule has 0 aliphatic heterocycles. The molecule has 0 spiro atoms. The number of hydrogen-bond acceptors (Lipinski definition) is 2. The minimum atomic E-state index is 1.12. The van der Waals surface area contributed by atoms with Crippen LogP contribution in [0.2, 0.25) is 0 Å². The van der Waals surface area contributed by atoms with Crippen LogP contribution in [-0.4, -0.2) is 24.3 Å². The van der Waals surface area contributed by atoms with Gasteiger partial charge in [0.1, 0.15) is 0 Å². The lowest BCUT2D eigenvalue weighted by Crippen LogP contribution is -2.07. The van der Waals surface area contributed by atoms with E-state index in [9.17, 15) is 0 Å². The van der Waals surface area contributed by atoms with Gasteiger partial charge in [-0.15, -0.1) is 0 Å². The normalized spacial score (nSPS) is 10.1. The van der Waals surface area contributed by atoms with Crippen molar-refractivity contribution in [2.45, 2.75) is 0 Å². The highest BCUT2D eigenvalue weighted by atomic mass is 15.1. The number of aromatic amines is 1. The smallest absolute Gasteiger partial charge is 0.0565 e. The molecule has 1 N–H and O–H groups in total. The van der Waals surface area contributed by atoms with Crippen molar-refractivity contribution in [2.75, 3.05) is 19.0 Å². The highest BCUT2D eigenvalue weighted by Gasteiger charge is 1.99. The number of rotatable bonds is 2. The zero-order valence-corrected chi connectivity index (χ0v) is 8.36. The van der Waals surface area contributed by atoms with Gasteiger partial charge < -0.3 is 4.90 Å². The van der Waals surface area contributed by atoms with Crippen molar-refractivity contribution in [2.24, 2.45) is 0 Å². The van der Waals surface area contributed by atoms with Gasteiger partial charge in [-0.1, -0.05) is 12.1 Å². The van der Waals surface area contributed by atoms with Crippen LogP contribution in [0.3, 0.4) is 0 Å². The summed E-state index contributed by atoms with van der Waals surface area (Å²) in [4.78, 5) is 2.08. The molecule has 0 amide bonds. The quantitative estimate of drug-likeness (QED) is 0.781. The summed E-state index contributed by atoms with van der Waals surface area (Å²) in [5, 5.41) is 6.73. The summed E-state index contributed by atoms with van der Waals surface area (Å²) in [6, 6.07) is 8.39. The third-order valence-corrected chi connectivity index (χ3v) is 2.22. The Morgan fingerprint density at radius 2 is 1.79 bits per heavy atom. The lowest BCUT2D eigenvalue weighted by molar-refractivity contribution is 1.09. The van der Waals surface area contributed by atoms with Gasteiger partial charge in [0.25, 0.3) is 0 Å². The van der Waals surface area contributed by atoms with E-state index in [1.807, 2.05) is 26.5 Å². The Bertz CT molecular complexity index is 387. The van der Waals surface area contributed by atoms with E-state index in [4.69, 9.17) is 0 Å². The first-order valence-electron chi connectivity index (χ1n) is 4.54. The first kappa shape index (κ1) is 8.81. The van der Waals surface area contributed by atoms with Gasteiger partial charge in [-0.2, -0.15) is 5.10 Å². The second kappa shape index (κ2) is 3.54. The van der Waals surface area contributed by atoms with E-state index >= 15 is 0 Å². The molecule has 0 atom stereocenters. The first-order chi connectivity index (χ1) is 6.77. The van der Waals surface area contributed by atoms with Crippen molar-refractivity contribution in [3.8, 4) is 11.1 Å². The molecule has 72 valence electrons. The van der Waals surface area contributed by atoms with Crippen LogP contribution in [-0.2, 0) is 0 Å². The van der Waals surface area contributed by atoms with Crippen molar-refractivity contribution in [1.29, 1.82) is 0 Å². The fourth-order valence-electron chi connectivity index (χ4n) is 1.36. The monoisotopic (exact) mass is 187 g/mol. The fourth-order valence-corrected chi connectivity index (χ4v) is 1.36. The molecule has 0 aliphatic rings. The summed E-state index contributed by atoms with van der Waals surface area (Å²) in [6.45, 7) is 0. The summed E-state index contributed by atoms with van der Waals surface area (Å²) in [6.07, 6.45) is 3.72. The molecule has 2 aromatic rings. The molecule has 0 unspecified atom stereocenters. The summed E-state index contributed by atoms with van der Waals surface area (Å²) in [5.41, 5.74) is 3.51. The Hall–Kier alpha value is -1.77. The predicted octanol–water partition coefficient (Wildman–Crippen LogP) is 2.14. The topological polar surface area (TPSA) is 31.9 Å². The van der Waals surface area contributed by atoms with Crippen molar-refractivity contribution >= 4 is 5.69 Å². The summed E-state index contributed by atoms with van der Waals surface area (Å²) in [7, 11) is 4.07. The molecule has 0 saturated carbocycles. The maximum absolute atomic E-state index is 3.92. The molecule has 3 nitrogen and oxygen atoms in total. The van der Waals surface area contributed by atoms with Crippen LogP contribution in [0.4, 0.5) is 5.69 Å². The summed E-state index contributed by atoms with van der Waals surface area (Å²) < 4.78 is 0. The number of benzene rings is 1. The standard InChI is InChI=1S/C11H13N3/c1-14(2)11-5-3-9(4-6-11)10-7-12-13-8-10/h3-8H,1-2H3,(H,12,13). The minimum Gasteiger partial charge on any atom is -0.378 e. The van der Waals surface area contributed by atoms with E-state index in [0.29, 0.717) is 0 Å². The number of anilines is 1. The van der Waals surface area contributed by atoms with Gasteiger partial charge in [0.2, 0.25) is 0 Å². The number of aromatic nitrogens is 2. The Kier molecular flexibility index (Phi) is 2.23. The number of nitrogens with one attached hydrogen (secondary N) is 1. The summed E-state index contributed by atoms with van der Waals surface area (Å²) >= 11 is 0. The fraction of sp³-hybridized carbons (Fsp3) is 0.182. The van der Waals surface area contributed by atoms with Gasteiger partial charge in [0.05, 0.1) is 6.20 Å². The first-order valence-corrected chi connectivity index (χ1v) is 4.54. The molecule has 14 heavy (non-hydrogen) atoms. The van der Waals surface area contributed by atoms with Crippen LogP contribution in [0.15, 0.2) is 36.7 Å². The van der Waals surface area contributed by atoms with Crippen LogP contribution in [0.25, 0.3) is 11.1 Å². The third-order valence-electron chi connectivity index (χ3n) is 2.22. The molecular weight excluding hydrogens is 174 g/mol. The summed E-state index contributed by atoms with van der Waals surface area (Å²) in [5.74, 6) is 0. The average molecular weight is 187 g/mol. The molecule has 0 saturated heterocycles. The number of H-pyrrole nitrogens is 1. The van der Waals surface area contributed by atoms with E-state index in [2.05, 4.69) is 39.4 Å². The van der Waals surface area contributed by atoms with Crippen molar-refractivity contribution < 1.29 is 0 Å². The zero-order chi connectivity index (χ0) is 9.97. The van der Waals surface area contributed by atoms with Crippen molar-refractivity contribution in [3.63, 3.8) is 0 Å². The SMILES string of the molecule is CN(C)c1ccc(-c2cn[nH]c2)cc1. The molecule has 3 heteroatoms. The highest BCUT2D eigenvalue weighted by molar-refractivity contribution is 5.64. The average Bonchev–Trinajstić information content (AvgIpc) is 2.71. The van der Waals surface area contributed by atoms with Crippen LogP contribution in [0.1, 0.15) is 0 Å². The van der Waals surface area contributed by atoms with Crippen molar-refractivity contribution in [3.05, 3.63) is 36.7 Å². The highest BCUT2D eigenvalue weighted by Crippen LogP contribution is 2.20. The van der Waals surface area contributed by atoms with E-state index in [0.717, 1.165) is 5.56 Å². The lowest BCUT2D eigenvalue weighted by atomic mass is 10.1. The Morgan fingerprint density at radius 3 is 2.29 bits per heavy atom. The Morgan fingerprint density at radius 1 is 1.07 bits per heavy atom. The molecular formula is C11H13N3. The minimum absolute atomic E-state index is 1.12. The molecule has 1 aromatic heterocycles. The van der Waals surface area contributed by atoms with E-state index in [-0.39, 0.29) is 0 Å². The van der Waals surface area contributed by atoms with Gasteiger partial charge >= 0.3 is 0 Å². The van der Waals surface area contributed by atoms with E-state index in [1.165, 1.54) is 11.3 Å². The maximum Gasteiger partial charge on any atom is 0.0565 e. The largest absolute Gasteiger partial charge is 0.378 e. The van der Waals surface area contributed by atoms with Gasteiger partial charge in [0.15, 0.2) is 0 Å². The zero-order valence-electron chi connectivity index (χ0n) is 8.36. The molecule has 0 bridgehead atoms.